The second-order valence-electron chi connectivity index (χ2n) is 7.73. The van der Waals surface area contributed by atoms with Gasteiger partial charge in [-0.25, -0.2) is 0 Å². The summed E-state index contributed by atoms with van der Waals surface area (Å²) in [6.45, 7) is 8.54. The van der Waals surface area contributed by atoms with Gasteiger partial charge in [0.1, 0.15) is 0 Å². The first kappa shape index (κ1) is 21.0. The molecule has 2 rings (SSSR count). The number of carbonyl (C=O) groups is 1. The van der Waals surface area contributed by atoms with Crippen LogP contribution in [0.25, 0.3) is 0 Å². The molecule has 148 valence electrons. The van der Waals surface area contributed by atoms with Gasteiger partial charge in [0, 0.05) is 18.9 Å². The average molecular weight is 381 g/mol. The van der Waals surface area contributed by atoms with Crippen molar-refractivity contribution in [3.8, 4) is 0 Å². The summed E-state index contributed by atoms with van der Waals surface area (Å²) in [5, 5.41) is 6.04. The Bertz CT molecular complexity index is 809. The van der Waals surface area contributed by atoms with E-state index < -0.39 is 23.3 Å². The van der Waals surface area contributed by atoms with Crippen LogP contribution >= 0.6 is 0 Å². The molecule has 1 atom stereocenters. The molecule has 0 spiro atoms. The second-order valence-corrected chi connectivity index (χ2v) is 7.73. The van der Waals surface area contributed by atoms with Crippen molar-refractivity contribution in [3.05, 3.63) is 47.3 Å². The molecule has 0 fully saturated rings. The van der Waals surface area contributed by atoms with E-state index >= 15 is 0 Å². The first-order chi connectivity index (χ1) is 12.4. The fourth-order valence-electron chi connectivity index (χ4n) is 3.18. The van der Waals surface area contributed by atoms with Crippen LogP contribution in [0.4, 0.5) is 18.9 Å². The summed E-state index contributed by atoms with van der Waals surface area (Å²) in [6.07, 6.45) is -1.69. The highest BCUT2D eigenvalue weighted by molar-refractivity contribution is 6.05. The van der Waals surface area contributed by atoms with E-state index in [1.54, 1.807) is 12.1 Å². The molecule has 27 heavy (non-hydrogen) atoms. The predicted molar refractivity (Wildman–Crippen MR) is 99.7 cm³/mol. The maximum Gasteiger partial charge on any atom is 0.435 e. The van der Waals surface area contributed by atoms with Gasteiger partial charge in [0.05, 0.1) is 5.56 Å². The van der Waals surface area contributed by atoms with Crippen molar-refractivity contribution < 1.29 is 18.0 Å². The minimum absolute atomic E-state index is 0.128. The molecule has 0 bridgehead atoms. The molecular formula is C20H26F3N3O. The van der Waals surface area contributed by atoms with Crippen molar-refractivity contribution >= 4 is 11.6 Å². The number of nitrogens with zero attached hydrogens (tertiary/aromatic N) is 2. The van der Waals surface area contributed by atoms with Crippen molar-refractivity contribution in [2.45, 2.75) is 52.6 Å². The standard InChI is InChI=1S/C20H26F3N3O/c1-6-19(3,4)11-13(2)14-9-7-8-10-16(14)24-18(27)15-12-26(5)25-17(15)20(21,22)23/h7-10,12-13H,6,11H2,1-5H3,(H,24,27). The zero-order chi connectivity index (χ0) is 20.4. The second kappa shape index (κ2) is 7.74. The smallest absolute Gasteiger partial charge is 0.322 e. The maximum atomic E-state index is 13.1. The number of hydrogen-bond acceptors (Lipinski definition) is 2. The van der Waals surface area contributed by atoms with Crippen LogP contribution in [0.3, 0.4) is 0 Å². The first-order valence-corrected chi connectivity index (χ1v) is 8.95. The number of carbonyl (C=O) groups excluding carboxylic acids is 1. The van der Waals surface area contributed by atoms with Crippen LogP contribution in [0, 0.1) is 5.41 Å². The zero-order valence-corrected chi connectivity index (χ0v) is 16.3. The van der Waals surface area contributed by atoms with Crippen LogP contribution in [0.15, 0.2) is 30.5 Å². The van der Waals surface area contributed by atoms with E-state index in [-0.39, 0.29) is 11.3 Å². The average Bonchev–Trinajstić information content (AvgIpc) is 2.97. The molecule has 0 aliphatic rings. The van der Waals surface area contributed by atoms with Crippen LogP contribution in [0.2, 0.25) is 0 Å². The van der Waals surface area contributed by atoms with E-state index in [1.807, 2.05) is 12.1 Å². The van der Waals surface area contributed by atoms with Crippen LogP contribution in [0.1, 0.15) is 68.1 Å². The predicted octanol–water partition coefficient (Wildman–Crippen LogP) is 5.62. The molecule has 1 N–H and O–H groups in total. The highest BCUT2D eigenvalue weighted by Crippen LogP contribution is 2.37. The van der Waals surface area contributed by atoms with Gasteiger partial charge in [-0.15, -0.1) is 0 Å². The monoisotopic (exact) mass is 381 g/mol. The molecule has 1 unspecified atom stereocenters. The first-order valence-electron chi connectivity index (χ1n) is 8.95. The van der Waals surface area contributed by atoms with Crippen molar-refractivity contribution in [2.24, 2.45) is 12.5 Å². The van der Waals surface area contributed by atoms with Gasteiger partial charge in [-0.1, -0.05) is 52.3 Å². The van der Waals surface area contributed by atoms with E-state index in [4.69, 9.17) is 0 Å². The summed E-state index contributed by atoms with van der Waals surface area (Å²) < 4.78 is 40.4. The summed E-state index contributed by atoms with van der Waals surface area (Å²) >= 11 is 0. The lowest BCUT2D eigenvalue weighted by molar-refractivity contribution is -0.141. The van der Waals surface area contributed by atoms with E-state index in [1.165, 1.54) is 7.05 Å². The number of anilines is 1. The third-order valence-electron chi connectivity index (χ3n) is 4.90. The number of hydrogen-bond donors (Lipinski definition) is 1. The Morgan fingerprint density at radius 1 is 1.26 bits per heavy atom. The van der Waals surface area contributed by atoms with Crippen LogP contribution in [-0.2, 0) is 13.2 Å². The SMILES string of the molecule is CCC(C)(C)CC(C)c1ccccc1NC(=O)c1cn(C)nc1C(F)(F)F. The number of nitrogens with one attached hydrogen (secondary N) is 1. The normalized spacial score (nSPS) is 13.5. The Morgan fingerprint density at radius 2 is 1.89 bits per heavy atom. The van der Waals surface area contributed by atoms with Crippen molar-refractivity contribution in [1.29, 1.82) is 0 Å². The van der Waals surface area contributed by atoms with E-state index in [9.17, 15) is 18.0 Å². The molecule has 1 amide bonds. The Labute approximate surface area is 157 Å². The third kappa shape index (κ3) is 5.11. The number of rotatable bonds is 6. The number of aromatic nitrogens is 2. The van der Waals surface area contributed by atoms with E-state index in [0.717, 1.165) is 29.3 Å². The van der Waals surface area contributed by atoms with Gasteiger partial charge in [0.2, 0.25) is 0 Å². The molecule has 0 radical (unpaired) electrons. The summed E-state index contributed by atoms with van der Waals surface area (Å²) in [6, 6.07) is 7.24. The summed E-state index contributed by atoms with van der Waals surface area (Å²) in [5.74, 6) is -0.669. The Morgan fingerprint density at radius 3 is 2.48 bits per heavy atom. The number of alkyl halides is 3. The van der Waals surface area contributed by atoms with Crippen LogP contribution in [0.5, 0.6) is 0 Å². The third-order valence-corrected chi connectivity index (χ3v) is 4.90. The molecule has 1 heterocycles. The van der Waals surface area contributed by atoms with E-state index in [0.29, 0.717) is 5.69 Å². The van der Waals surface area contributed by atoms with Crippen molar-refractivity contribution in [1.82, 2.24) is 9.78 Å². The summed E-state index contributed by atoms with van der Waals surface area (Å²) in [7, 11) is 1.36. The van der Waals surface area contributed by atoms with Gasteiger partial charge in [0.25, 0.3) is 5.91 Å². The summed E-state index contributed by atoms with van der Waals surface area (Å²) in [4.78, 5) is 12.5. The topological polar surface area (TPSA) is 46.9 Å². The van der Waals surface area contributed by atoms with Gasteiger partial charge in [-0.3, -0.25) is 9.48 Å². The number of halogens is 3. The van der Waals surface area contributed by atoms with Crippen LogP contribution in [-0.4, -0.2) is 15.7 Å². The molecule has 2 aromatic rings. The molecule has 0 saturated carbocycles. The molecule has 0 saturated heterocycles. The molecular weight excluding hydrogens is 355 g/mol. The quantitative estimate of drug-likeness (QED) is 0.706. The van der Waals surface area contributed by atoms with Gasteiger partial charge in [-0.2, -0.15) is 18.3 Å². The van der Waals surface area contributed by atoms with Gasteiger partial charge < -0.3 is 5.32 Å². The van der Waals surface area contributed by atoms with E-state index in [2.05, 4.69) is 38.1 Å². The largest absolute Gasteiger partial charge is 0.435 e. The molecule has 7 heteroatoms. The van der Waals surface area contributed by atoms with Gasteiger partial charge >= 0.3 is 6.18 Å². The fraction of sp³-hybridized carbons (Fsp3) is 0.500. The molecule has 1 aromatic heterocycles. The Hall–Kier alpha value is -2.31. The number of benzene rings is 1. The highest BCUT2D eigenvalue weighted by atomic mass is 19.4. The lowest BCUT2D eigenvalue weighted by Crippen LogP contribution is -2.19. The Kier molecular flexibility index (Phi) is 6.02. The zero-order valence-electron chi connectivity index (χ0n) is 16.3. The minimum atomic E-state index is -4.69. The number of para-hydroxylation sites is 1. The van der Waals surface area contributed by atoms with Crippen molar-refractivity contribution in [3.63, 3.8) is 0 Å². The molecule has 0 aliphatic heterocycles. The minimum Gasteiger partial charge on any atom is -0.322 e. The lowest BCUT2D eigenvalue weighted by atomic mass is 9.78. The molecule has 1 aromatic carbocycles. The fourth-order valence-corrected chi connectivity index (χ4v) is 3.18. The van der Waals surface area contributed by atoms with Gasteiger partial charge in [0.15, 0.2) is 5.69 Å². The Balaban J connectivity index is 2.30. The molecule has 4 nitrogen and oxygen atoms in total. The lowest BCUT2D eigenvalue weighted by Gasteiger charge is -2.28. The number of amides is 1. The van der Waals surface area contributed by atoms with Crippen molar-refractivity contribution in [2.75, 3.05) is 5.32 Å². The van der Waals surface area contributed by atoms with Crippen LogP contribution < -0.4 is 5.32 Å². The number of aryl methyl sites for hydroxylation is 1. The maximum absolute atomic E-state index is 13.1. The molecule has 0 aliphatic carbocycles. The summed E-state index contributed by atoms with van der Waals surface area (Å²) in [5.41, 5.74) is -0.103. The van der Waals surface area contributed by atoms with Gasteiger partial charge in [-0.05, 0) is 29.4 Å². The highest BCUT2D eigenvalue weighted by Gasteiger charge is 2.39.